The molecule has 1 saturated carbocycles. The first kappa shape index (κ1) is 12.0. The molecule has 17 heavy (non-hydrogen) atoms. The first-order chi connectivity index (χ1) is 8.10. The third-order valence-corrected chi connectivity index (χ3v) is 3.44. The van der Waals surface area contributed by atoms with Gasteiger partial charge in [-0.15, -0.1) is 0 Å². The first-order valence-electron chi connectivity index (χ1n) is 5.35. The monoisotopic (exact) mass is 235 g/mol. The lowest BCUT2D eigenvalue weighted by molar-refractivity contribution is -0.271. The van der Waals surface area contributed by atoms with Crippen LogP contribution in [0.1, 0.15) is 18.4 Å². The average molecular weight is 235 g/mol. The van der Waals surface area contributed by atoms with E-state index in [1.165, 1.54) is 12.1 Å². The molecular weight excluding hydrogens is 221 g/mol. The number of rotatable bonds is 3. The summed E-state index contributed by atoms with van der Waals surface area (Å²) >= 11 is 0. The predicted octanol–water partition coefficient (Wildman–Crippen LogP) is 2.72. The summed E-state index contributed by atoms with van der Waals surface area (Å²) in [5, 5.41) is 0. The summed E-state index contributed by atoms with van der Waals surface area (Å²) in [5.41, 5.74) is -0.0223. The van der Waals surface area contributed by atoms with Crippen molar-refractivity contribution in [3.63, 3.8) is 0 Å². The van der Waals surface area contributed by atoms with E-state index in [9.17, 15) is 4.39 Å². The molecule has 0 spiro atoms. The van der Waals surface area contributed by atoms with Crippen molar-refractivity contribution >= 4 is 0 Å². The lowest BCUT2D eigenvalue weighted by Crippen LogP contribution is -2.55. The normalized spacial score (nSPS) is 20.4. The van der Waals surface area contributed by atoms with Crippen LogP contribution in [0.3, 0.4) is 0 Å². The Bertz CT molecular complexity index is 455. The van der Waals surface area contributed by atoms with Gasteiger partial charge in [0.05, 0.1) is 12.8 Å². The fraction of sp³-hybridized carbons (Fsp3) is 0.462. The van der Waals surface area contributed by atoms with E-state index in [0.29, 0.717) is 18.4 Å². The maximum Gasteiger partial charge on any atom is 0.267 e. The molecule has 90 valence electrons. The van der Waals surface area contributed by atoms with Crippen LogP contribution in [-0.4, -0.2) is 20.0 Å². The molecular formula is C13H14FNO2. The highest BCUT2D eigenvalue weighted by atomic mass is 19.1. The van der Waals surface area contributed by atoms with E-state index < -0.39 is 11.3 Å². The lowest BCUT2D eigenvalue weighted by atomic mass is 9.67. The molecule has 0 unspecified atom stereocenters. The number of ether oxygens (including phenoxy) is 2. The molecule has 0 N–H and O–H groups in total. The molecule has 0 saturated heterocycles. The van der Waals surface area contributed by atoms with Crippen LogP contribution in [0.4, 0.5) is 4.39 Å². The van der Waals surface area contributed by atoms with Gasteiger partial charge in [0.15, 0.2) is 5.79 Å². The number of halogens is 1. The molecule has 0 bridgehead atoms. The van der Waals surface area contributed by atoms with Crippen molar-refractivity contribution in [2.75, 3.05) is 14.2 Å². The Kier molecular flexibility index (Phi) is 2.90. The summed E-state index contributed by atoms with van der Waals surface area (Å²) in [5.74, 6) is -1.02. The fourth-order valence-electron chi connectivity index (χ4n) is 2.34. The zero-order valence-corrected chi connectivity index (χ0v) is 9.87. The number of nitrogens with zero attached hydrogens (tertiary/aromatic N) is 1. The van der Waals surface area contributed by atoms with Crippen LogP contribution in [-0.2, 0) is 15.0 Å². The summed E-state index contributed by atoms with van der Waals surface area (Å²) in [6.45, 7) is 7.33. The zero-order chi connectivity index (χ0) is 12.5. The van der Waals surface area contributed by atoms with E-state index >= 15 is 0 Å². The molecule has 1 fully saturated rings. The Morgan fingerprint density at radius 3 is 2.41 bits per heavy atom. The minimum absolute atomic E-state index is 0.321. The molecule has 0 aliphatic heterocycles. The van der Waals surface area contributed by atoms with Gasteiger partial charge in [0.25, 0.3) is 5.54 Å². The van der Waals surface area contributed by atoms with Crippen LogP contribution in [0.5, 0.6) is 0 Å². The lowest BCUT2D eigenvalue weighted by Gasteiger charge is -2.46. The second-order valence-corrected chi connectivity index (χ2v) is 4.33. The van der Waals surface area contributed by atoms with Gasteiger partial charge in [0, 0.05) is 19.8 Å². The summed E-state index contributed by atoms with van der Waals surface area (Å²) in [4.78, 5) is 3.65. The predicted molar refractivity (Wildman–Crippen MR) is 60.7 cm³/mol. The van der Waals surface area contributed by atoms with Crippen LogP contribution in [0, 0.1) is 12.4 Å². The smallest absolute Gasteiger partial charge is 0.267 e. The third-order valence-electron chi connectivity index (χ3n) is 3.44. The highest BCUT2D eigenvalue weighted by molar-refractivity contribution is 5.34. The van der Waals surface area contributed by atoms with Crippen molar-refractivity contribution in [1.82, 2.24) is 0 Å². The largest absolute Gasteiger partial charge is 0.352 e. The van der Waals surface area contributed by atoms with Crippen LogP contribution >= 0.6 is 0 Å². The maximum atomic E-state index is 13.2. The van der Waals surface area contributed by atoms with E-state index in [1.807, 2.05) is 0 Å². The summed E-state index contributed by atoms with van der Waals surface area (Å²) < 4.78 is 23.7. The van der Waals surface area contributed by atoms with E-state index in [-0.39, 0.29) is 5.82 Å². The van der Waals surface area contributed by atoms with E-state index in [1.54, 1.807) is 26.4 Å². The Morgan fingerprint density at radius 2 is 1.94 bits per heavy atom. The number of benzene rings is 1. The molecule has 0 aromatic heterocycles. The number of methoxy groups -OCH3 is 2. The van der Waals surface area contributed by atoms with Gasteiger partial charge in [-0.2, -0.15) is 0 Å². The topological polar surface area (TPSA) is 22.8 Å². The molecule has 1 aromatic carbocycles. The first-order valence-corrected chi connectivity index (χ1v) is 5.35. The summed E-state index contributed by atoms with van der Waals surface area (Å²) in [6, 6.07) is 6.18. The molecule has 1 aliphatic rings. The standard InChI is InChI=1S/C13H14FNO2/c1-15-12(8-13(9-12,16-2)17-3)10-5-4-6-11(14)7-10/h4-7H,8-9H2,2-3H3. The fourth-order valence-corrected chi connectivity index (χ4v) is 2.34. The average Bonchev–Trinajstić information content (AvgIpc) is 2.30. The Balaban J connectivity index is 2.29. The van der Waals surface area contributed by atoms with Gasteiger partial charge < -0.3 is 14.3 Å². The van der Waals surface area contributed by atoms with Crippen LogP contribution in [0.15, 0.2) is 24.3 Å². The molecule has 1 aliphatic carbocycles. The van der Waals surface area contributed by atoms with Gasteiger partial charge in [-0.05, 0) is 12.1 Å². The minimum Gasteiger partial charge on any atom is -0.352 e. The molecule has 1 aromatic rings. The molecule has 3 nitrogen and oxygen atoms in total. The molecule has 0 atom stereocenters. The quantitative estimate of drug-likeness (QED) is 0.594. The SMILES string of the molecule is [C-]#[N+]C1(c2cccc(F)c2)CC(OC)(OC)C1. The van der Waals surface area contributed by atoms with Gasteiger partial charge in [-0.25, -0.2) is 11.0 Å². The highest BCUT2D eigenvalue weighted by Gasteiger charge is 2.63. The third kappa shape index (κ3) is 1.82. The van der Waals surface area contributed by atoms with Crippen molar-refractivity contribution in [3.05, 3.63) is 47.1 Å². The molecule has 0 amide bonds. The second-order valence-electron chi connectivity index (χ2n) is 4.33. The van der Waals surface area contributed by atoms with E-state index in [2.05, 4.69) is 4.85 Å². The van der Waals surface area contributed by atoms with Crippen molar-refractivity contribution in [2.45, 2.75) is 24.2 Å². The Hall–Kier alpha value is -1.44. The number of hydrogen-bond donors (Lipinski definition) is 0. The summed E-state index contributed by atoms with van der Waals surface area (Å²) in [7, 11) is 3.12. The van der Waals surface area contributed by atoms with E-state index in [0.717, 1.165) is 0 Å². The van der Waals surface area contributed by atoms with Crippen LogP contribution in [0.25, 0.3) is 4.85 Å². The van der Waals surface area contributed by atoms with E-state index in [4.69, 9.17) is 16.0 Å². The summed E-state index contributed by atoms with van der Waals surface area (Å²) in [6.07, 6.45) is 0.861. The molecule has 4 heteroatoms. The molecule has 0 radical (unpaired) electrons. The maximum absolute atomic E-state index is 13.2. The van der Waals surface area contributed by atoms with Gasteiger partial charge in [-0.3, -0.25) is 0 Å². The molecule has 0 heterocycles. The van der Waals surface area contributed by atoms with Crippen molar-refractivity contribution in [1.29, 1.82) is 0 Å². The zero-order valence-electron chi connectivity index (χ0n) is 9.87. The number of hydrogen-bond acceptors (Lipinski definition) is 2. The van der Waals surface area contributed by atoms with Gasteiger partial charge in [0.1, 0.15) is 5.82 Å². The van der Waals surface area contributed by atoms with Crippen molar-refractivity contribution < 1.29 is 13.9 Å². The molecule has 2 rings (SSSR count). The second kappa shape index (κ2) is 4.10. The van der Waals surface area contributed by atoms with Crippen LogP contribution in [0.2, 0.25) is 0 Å². The van der Waals surface area contributed by atoms with Crippen molar-refractivity contribution in [3.8, 4) is 0 Å². The Labute approximate surface area is 100.0 Å². The van der Waals surface area contributed by atoms with Gasteiger partial charge in [-0.1, -0.05) is 12.1 Å². The van der Waals surface area contributed by atoms with Crippen molar-refractivity contribution in [2.24, 2.45) is 0 Å². The van der Waals surface area contributed by atoms with Crippen LogP contribution < -0.4 is 0 Å². The highest BCUT2D eigenvalue weighted by Crippen LogP contribution is 2.53. The Morgan fingerprint density at radius 1 is 1.29 bits per heavy atom. The van der Waals surface area contributed by atoms with Gasteiger partial charge in [0.2, 0.25) is 0 Å². The van der Waals surface area contributed by atoms with Gasteiger partial charge >= 0.3 is 0 Å². The minimum atomic E-state index is -0.714.